The third-order valence-electron chi connectivity index (χ3n) is 2.40. The Balaban J connectivity index is 2.95. The van der Waals surface area contributed by atoms with E-state index >= 15 is 0 Å². The van der Waals surface area contributed by atoms with Gasteiger partial charge >= 0.3 is 5.69 Å². The molecule has 0 spiro atoms. The van der Waals surface area contributed by atoms with E-state index < -0.39 is 15.5 Å². The summed E-state index contributed by atoms with van der Waals surface area (Å²) in [7, 11) is 1.25. The van der Waals surface area contributed by atoms with Gasteiger partial charge < -0.3 is 4.74 Å². The van der Waals surface area contributed by atoms with Crippen molar-refractivity contribution in [2.24, 2.45) is 0 Å². The molecule has 0 amide bonds. The van der Waals surface area contributed by atoms with Crippen molar-refractivity contribution in [3.8, 4) is 5.75 Å². The molecule has 18 heavy (non-hydrogen) atoms. The lowest BCUT2D eigenvalue weighted by molar-refractivity contribution is -0.393. The lowest BCUT2D eigenvalue weighted by atomic mass is 10.1. The molecule has 0 bridgehead atoms. The maximum Gasteiger partial charge on any atom is 0.320 e. The summed E-state index contributed by atoms with van der Waals surface area (Å²) in [6.07, 6.45) is 1.39. The molecule has 0 fully saturated rings. The van der Waals surface area contributed by atoms with Crippen molar-refractivity contribution < 1.29 is 14.6 Å². The minimum atomic E-state index is -0.736. The van der Waals surface area contributed by atoms with E-state index in [4.69, 9.17) is 4.74 Å². The van der Waals surface area contributed by atoms with Gasteiger partial charge in [0.1, 0.15) is 5.52 Å². The van der Waals surface area contributed by atoms with Crippen LogP contribution >= 0.6 is 0 Å². The van der Waals surface area contributed by atoms with Crippen LogP contribution in [0.25, 0.3) is 10.9 Å². The number of hydrogen-bond acceptors (Lipinski definition) is 6. The molecular formula is C10H7N3O5. The zero-order valence-corrected chi connectivity index (χ0v) is 9.19. The standard InChI is InChI=1S/C10H7N3O5/c1-18-10-8(13(16)17)5-7(12(14)15)6-3-2-4-11-9(6)10/h2-5H,1H3. The van der Waals surface area contributed by atoms with Crippen molar-refractivity contribution in [3.63, 3.8) is 0 Å². The van der Waals surface area contributed by atoms with E-state index in [1.54, 1.807) is 0 Å². The number of nitro benzene ring substituents is 2. The molecule has 0 atom stereocenters. The van der Waals surface area contributed by atoms with Crippen LogP contribution in [0, 0.1) is 20.2 Å². The maximum atomic E-state index is 10.9. The highest BCUT2D eigenvalue weighted by molar-refractivity contribution is 5.95. The van der Waals surface area contributed by atoms with Gasteiger partial charge in [0.15, 0.2) is 0 Å². The second-order valence-electron chi connectivity index (χ2n) is 3.36. The summed E-state index contributed by atoms with van der Waals surface area (Å²) < 4.78 is 4.93. The summed E-state index contributed by atoms with van der Waals surface area (Å²) in [6, 6.07) is 3.86. The normalized spacial score (nSPS) is 10.3. The number of fused-ring (bicyclic) bond motifs is 1. The van der Waals surface area contributed by atoms with Crippen LogP contribution in [-0.4, -0.2) is 21.9 Å². The van der Waals surface area contributed by atoms with E-state index in [-0.39, 0.29) is 22.3 Å². The minimum Gasteiger partial charge on any atom is -0.489 e. The summed E-state index contributed by atoms with van der Waals surface area (Å²) in [5.74, 6) is -0.0822. The van der Waals surface area contributed by atoms with Crippen molar-refractivity contribution >= 4 is 22.3 Å². The third kappa shape index (κ3) is 1.69. The number of ether oxygens (including phenoxy) is 1. The van der Waals surface area contributed by atoms with E-state index in [1.807, 2.05) is 0 Å². The number of hydrogen-bond donors (Lipinski definition) is 0. The van der Waals surface area contributed by atoms with Crippen molar-refractivity contribution in [2.45, 2.75) is 0 Å². The maximum absolute atomic E-state index is 10.9. The fourth-order valence-corrected chi connectivity index (χ4v) is 1.67. The molecule has 0 aliphatic heterocycles. The molecule has 2 rings (SSSR count). The van der Waals surface area contributed by atoms with Crippen molar-refractivity contribution in [1.29, 1.82) is 0 Å². The smallest absolute Gasteiger partial charge is 0.320 e. The van der Waals surface area contributed by atoms with Gasteiger partial charge in [-0.2, -0.15) is 0 Å². The molecule has 0 N–H and O–H groups in total. The molecule has 1 aromatic heterocycles. The van der Waals surface area contributed by atoms with E-state index in [2.05, 4.69) is 4.98 Å². The number of nitro groups is 2. The molecule has 8 nitrogen and oxygen atoms in total. The van der Waals surface area contributed by atoms with E-state index in [0.29, 0.717) is 0 Å². The highest BCUT2D eigenvalue weighted by Crippen LogP contribution is 2.39. The van der Waals surface area contributed by atoms with Gasteiger partial charge in [0.25, 0.3) is 5.69 Å². The first kappa shape index (κ1) is 11.7. The first-order chi connectivity index (χ1) is 8.56. The van der Waals surface area contributed by atoms with Crippen LogP contribution < -0.4 is 4.74 Å². The Morgan fingerprint density at radius 1 is 1.22 bits per heavy atom. The third-order valence-corrected chi connectivity index (χ3v) is 2.40. The summed E-state index contributed by atoms with van der Waals surface area (Å²) in [4.78, 5) is 24.3. The van der Waals surface area contributed by atoms with Crippen LogP contribution in [0.5, 0.6) is 5.75 Å². The van der Waals surface area contributed by atoms with Gasteiger partial charge in [0, 0.05) is 6.20 Å². The van der Waals surface area contributed by atoms with Gasteiger partial charge in [-0.1, -0.05) is 0 Å². The SMILES string of the molecule is COc1c([N+](=O)[O-])cc([N+](=O)[O-])c2cccnc12. The lowest BCUT2D eigenvalue weighted by Crippen LogP contribution is -1.99. The predicted octanol–water partition coefficient (Wildman–Crippen LogP) is 2.06. The number of aromatic nitrogens is 1. The summed E-state index contributed by atoms with van der Waals surface area (Å²) in [6.45, 7) is 0. The topological polar surface area (TPSA) is 108 Å². The zero-order valence-electron chi connectivity index (χ0n) is 9.19. The van der Waals surface area contributed by atoms with Crippen LogP contribution in [0.3, 0.4) is 0 Å². The Labute approximate surface area is 100 Å². The molecule has 8 heteroatoms. The molecule has 0 saturated carbocycles. The molecule has 1 heterocycles. The van der Waals surface area contributed by atoms with Gasteiger partial charge in [-0.05, 0) is 12.1 Å². The summed E-state index contributed by atoms with van der Waals surface area (Å²) in [5, 5.41) is 22.0. The van der Waals surface area contributed by atoms with Crippen LogP contribution in [0.15, 0.2) is 24.4 Å². The van der Waals surface area contributed by atoms with Crippen molar-refractivity contribution in [1.82, 2.24) is 4.98 Å². The minimum absolute atomic E-state index is 0.0822. The summed E-state index contributed by atoms with van der Waals surface area (Å²) in [5.41, 5.74) is -0.748. The lowest BCUT2D eigenvalue weighted by Gasteiger charge is -2.05. The van der Waals surface area contributed by atoms with E-state index in [9.17, 15) is 20.2 Å². The average molecular weight is 249 g/mol. The van der Waals surface area contributed by atoms with Crippen LogP contribution in [0.4, 0.5) is 11.4 Å². The van der Waals surface area contributed by atoms with Gasteiger partial charge in [-0.15, -0.1) is 0 Å². The molecule has 92 valence electrons. The Hall–Kier alpha value is -2.77. The largest absolute Gasteiger partial charge is 0.489 e. The summed E-state index contributed by atoms with van der Waals surface area (Å²) >= 11 is 0. The molecule has 1 aromatic carbocycles. The molecule has 0 radical (unpaired) electrons. The Bertz CT molecular complexity index is 655. The molecule has 0 aliphatic rings. The molecule has 0 aliphatic carbocycles. The number of rotatable bonds is 3. The van der Waals surface area contributed by atoms with E-state index in [1.165, 1.54) is 25.4 Å². The Morgan fingerprint density at radius 2 is 1.89 bits per heavy atom. The second kappa shape index (κ2) is 4.24. The number of non-ortho nitro benzene ring substituents is 1. The van der Waals surface area contributed by atoms with Gasteiger partial charge in [0.2, 0.25) is 5.75 Å². The van der Waals surface area contributed by atoms with Gasteiger partial charge in [-0.25, -0.2) is 0 Å². The first-order valence-electron chi connectivity index (χ1n) is 4.80. The highest BCUT2D eigenvalue weighted by Gasteiger charge is 2.26. The number of nitrogens with zero attached hydrogens (tertiary/aromatic N) is 3. The van der Waals surface area contributed by atoms with Crippen LogP contribution in [0.1, 0.15) is 0 Å². The van der Waals surface area contributed by atoms with Gasteiger partial charge in [-0.3, -0.25) is 25.2 Å². The van der Waals surface area contributed by atoms with Crippen LogP contribution in [0.2, 0.25) is 0 Å². The predicted molar refractivity (Wildman–Crippen MR) is 61.6 cm³/mol. The number of methoxy groups -OCH3 is 1. The number of pyridine rings is 1. The zero-order chi connectivity index (χ0) is 13.3. The molecule has 0 unspecified atom stereocenters. The highest BCUT2D eigenvalue weighted by atomic mass is 16.6. The molecule has 2 aromatic rings. The first-order valence-corrected chi connectivity index (χ1v) is 4.80. The number of benzene rings is 1. The van der Waals surface area contributed by atoms with Crippen molar-refractivity contribution in [2.75, 3.05) is 7.11 Å². The van der Waals surface area contributed by atoms with Crippen molar-refractivity contribution in [3.05, 3.63) is 44.6 Å². The fraction of sp³-hybridized carbons (Fsp3) is 0.100. The monoisotopic (exact) mass is 249 g/mol. The van der Waals surface area contributed by atoms with Crippen LogP contribution in [-0.2, 0) is 0 Å². The quantitative estimate of drug-likeness (QED) is 0.608. The molecular weight excluding hydrogens is 242 g/mol. The van der Waals surface area contributed by atoms with Gasteiger partial charge in [0.05, 0.1) is 28.4 Å². The second-order valence-corrected chi connectivity index (χ2v) is 3.36. The average Bonchev–Trinajstić information content (AvgIpc) is 2.36. The Morgan fingerprint density at radius 3 is 2.44 bits per heavy atom. The Kier molecular flexibility index (Phi) is 2.76. The molecule has 0 saturated heterocycles. The fourth-order valence-electron chi connectivity index (χ4n) is 1.67. The van der Waals surface area contributed by atoms with E-state index in [0.717, 1.165) is 6.07 Å².